The number of benzene rings is 3. The second kappa shape index (κ2) is 11.3. The first-order valence-electron chi connectivity index (χ1n) is 12.7. The number of para-hydroxylation sites is 2. The molecule has 3 aromatic heterocycles. The molecule has 6 heteroatoms. The molecule has 5 nitrogen and oxygen atoms in total. The van der Waals surface area contributed by atoms with Gasteiger partial charge in [-0.3, -0.25) is 0 Å². The molecule has 193 valence electrons. The van der Waals surface area contributed by atoms with Crippen LogP contribution in [-0.2, 0) is 20.1 Å². The molecular weight excluding hydrogens is 659 g/mol. The van der Waals surface area contributed by atoms with Crippen LogP contribution in [0.3, 0.4) is 0 Å². The molecule has 0 fully saturated rings. The predicted octanol–water partition coefficient (Wildman–Crippen LogP) is 7.41. The van der Waals surface area contributed by atoms with E-state index >= 15 is 0 Å². The monoisotopic (exact) mass is 686 g/mol. The number of hydrogen-bond donors (Lipinski definition) is 0. The minimum absolute atomic E-state index is 0. The van der Waals surface area contributed by atoms with Crippen LogP contribution in [0.2, 0.25) is 0 Å². The van der Waals surface area contributed by atoms with E-state index in [2.05, 4.69) is 87.5 Å². The summed E-state index contributed by atoms with van der Waals surface area (Å²) in [6.07, 6.45) is 3.65. The Kier molecular flexibility index (Phi) is 7.62. The summed E-state index contributed by atoms with van der Waals surface area (Å²) in [5, 5.41) is 2.37. The number of rotatable bonds is 3. The molecule has 0 saturated carbocycles. The zero-order valence-electron chi connectivity index (χ0n) is 22.0. The molecule has 3 aromatic carbocycles. The van der Waals surface area contributed by atoms with Gasteiger partial charge in [0.1, 0.15) is 11.3 Å². The molecule has 0 spiro atoms. The van der Waals surface area contributed by atoms with Gasteiger partial charge in [-0.1, -0.05) is 44.9 Å². The quantitative estimate of drug-likeness (QED) is 0.144. The Balaban J connectivity index is 0.000000200. The minimum Gasteiger partial charge on any atom is -0.371 e. The van der Waals surface area contributed by atoms with Crippen molar-refractivity contribution in [3.63, 3.8) is 0 Å². The molecule has 0 amide bonds. The van der Waals surface area contributed by atoms with Gasteiger partial charge in [-0.25, -0.2) is 4.98 Å². The van der Waals surface area contributed by atoms with Crippen LogP contribution in [0.15, 0.2) is 103 Å². The van der Waals surface area contributed by atoms with Crippen molar-refractivity contribution in [2.24, 2.45) is 0 Å². The van der Waals surface area contributed by atoms with Crippen molar-refractivity contribution < 1.29 is 24.7 Å². The molecule has 0 saturated heterocycles. The molecule has 0 bridgehead atoms. The van der Waals surface area contributed by atoms with Crippen LogP contribution in [0.4, 0.5) is 17.1 Å². The van der Waals surface area contributed by atoms with Gasteiger partial charge < -0.3 is 9.55 Å². The molecule has 39 heavy (non-hydrogen) atoms. The molecule has 1 aliphatic heterocycles. The van der Waals surface area contributed by atoms with Crippen LogP contribution >= 0.6 is 0 Å². The van der Waals surface area contributed by atoms with E-state index in [1.807, 2.05) is 72.4 Å². The van der Waals surface area contributed by atoms with Gasteiger partial charge in [-0.15, -0.1) is 42.0 Å². The van der Waals surface area contributed by atoms with E-state index in [4.69, 9.17) is 0 Å². The van der Waals surface area contributed by atoms with Crippen LogP contribution in [0.25, 0.3) is 33.2 Å². The van der Waals surface area contributed by atoms with Crippen LogP contribution in [0.1, 0.15) is 19.9 Å². The Labute approximate surface area is 241 Å². The van der Waals surface area contributed by atoms with Gasteiger partial charge in [-0.2, -0.15) is 12.1 Å². The summed E-state index contributed by atoms with van der Waals surface area (Å²) < 4.78 is 6.44. The number of pyridine rings is 2. The number of aromatic nitrogens is 3. The molecule has 4 heterocycles. The predicted molar refractivity (Wildman–Crippen MR) is 154 cm³/mol. The molecular formula is C33H27IrN5. The van der Waals surface area contributed by atoms with Crippen LogP contribution in [-0.4, -0.2) is 32.2 Å². The fourth-order valence-electron chi connectivity index (χ4n) is 4.96. The third kappa shape index (κ3) is 4.86. The van der Waals surface area contributed by atoms with Gasteiger partial charge >= 0.3 is 6.01 Å². The second-order valence-electron chi connectivity index (χ2n) is 9.40. The average Bonchev–Trinajstić information content (AvgIpc) is 3.50. The fourth-order valence-corrected chi connectivity index (χ4v) is 4.96. The topological polar surface area (TPSA) is 36.7 Å². The Morgan fingerprint density at radius 2 is 1.54 bits per heavy atom. The summed E-state index contributed by atoms with van der Waals surface area (Å²) >= 11 is 0. The molecule has 6 aromatic rings. The summed E-state index contributed by atoms with van der Waals surface area (Å²) in [7, 11) is 2.03. The van der Waals surface area contributed by atoms with Gasteiger partial charge in [0.05, 0.1) is 0 Å². The van der Waals surface area contributed by atoms with Crippen molar-refractivity contribution in [3.05, 3.63) is 116 Å². The van der Waals surface area contributed by atoms with Crippen molar-refractivity contribution in [2.45, 2.75) is 19.9 Å². The van der Waals surface area contributed by atoms with Gasteiger partial charge in [0, 0.05) is 61.6 Å². The van der Waals surface area contributed by atoms with Gasteiger partial charge in [0.25, 0.3) is 11.4 Å². The molecule has 0 aliphatic carbocycles. The summed E-state index contributed by atoms with van der Waals surface area (Å²) in [5.41, 5.74) is 7.44. The van der Waals surface area contributed by atoms with E-state index in [-0.39, 0.29) is 26.1 Å². The molecule has 1 aliphatic rings. The van der Waals surface area contributed by atoms with Crippen molar-refractivity contribution in [3.8, 4) is 11.3 Å². The fraction of sp³-hybridized carbons (Fsp3) is 0.121. The van der Waals surface area contributed by atoms with Crippen LogP contribution in [0.5, 0.6) is 0 Å². The Bertz CT molecular complexity index is 1800. The summed E-state index contributed by atoms with van der Waals surface area (Å²) in [5.74, 6) is 0. The van der Waals surface area contributed by atoms with E-state index in [9.17, 15) is 0 Å². The Morgan fingerprint density at radius 1 is 0.769 bits per heavy atom. The van der Waals surface area contributed by atoms with Crippen molar-refractivity contribution in [1.29, 1.82) is 0 Å². The van der Waals surface area contributed by atoms with Crippen LogP contribution < -0.4 is 4.58 Å². The van der Waals surface area contributed by atoms with Crippen molar-refractivity contribution in [2.75, 3.05) is 7.05 Å². The molecule has 0 unspecified atom stereocenters. The first-order valence-corrected chi connectivity index (χ1v) is 12.7. The molecule has 0 N–H and O–H groups in total. The molecule has 1 radical (unpaired) electrons. The SMILES string of the molecule is CC(C)n1c2ncccc2c2cc[c-]c([N+]3=C=[N+](C)c4ccccc43)c21.[Ir].[c-]1ccccc1-c1ccccn1. The zero-order chi connectivity index (χ0) is 26.1. The average molecular weight is 686 g/mol. The first kappa shape index (κ1) is 26.4. The minimum atomic E-state index is 0. The Morgan fingerprint density at radius 3 is 2.28 bits per heavy atom. The van der Waals surface area contributed by atoms with Crippen molar-refractivity contribution in [1.82, 2.24) is 19.1 Å². The van der Waals surface area contributed by atoms with E-state index in [1.165, 1.54) is 10.8 Å². The number of hydrogen-bond acceptors (Lipinski definition) is 2. The van der Waals surface area contributed by atoms with Crippen LogP contribution in [0, 0.1) is 12.1 Å². The molecule has 7 rings (SSSR count). The van der Waals surface area contributed by atoms with E-state index in [0.717, 1.165) is 39.5 Å². The second-order valence-corrected chi connectivity index (χ2v) is 9.40. The maximum Gasteiger partial charge on any atom is 0.494 e. The largest absolute Gasteiger partial charge is 0.494 e. The normalized spacial score (nSPS) is 11.9. The van der Waals surface area contributed by atoms with Crippen molar-refractivity contribution >= 4 is 45.0 Å². The summed E-state index contributed by atoms with van der Waals surface area (Å²) in [6.45, 7) is 4.39. The first-order chi connectivity index (χ1) is 18.6. The van der Waals surface area contributed by atoms with E-state index in [1.54, 1.807) is 6.20 Å². The Hall–Kier alpha value is -4.21. The molecule has 0 atom stereocenters. The third-order valence-electron chi connectivity index (χ3n) is 6.62. The van der Waals surface area contributed by atoms with E-state index < -0.39 is 0 Å². The maximum absolute atomic E-state index is 4.67. The third-order valence-corrected chi connectivity index (χ3v) is 6.62. The van der Waals surface area contributed by atoms with Gasteiger partial charge in [0.15, 0.2) is 7.05 Å². The standard InChI is InChI=1S/C22H19N4.C11H8N.Ir/c1-15(2)26-21-16(17-9-7-13-23-22(17)26)8-6-12-20(21)25-14-24(3)18-10-4-5-11-19(18)25;1-2-6-10(7-3-1)11-8-4-5-9-12-11;/h4-11,13,15H,1-3H3;1-6,8-9H;/q+1;-1;. The van der Waals surface area contributed by atoms with Gasteiger partial charge in [0.2, 0.25) is 0 Å². The summed E-state index contributed by atoms with van der Waals surface area (Å²) in [6, 6.07) is 40.6. The van der Waals surface area contributed by atoms with E-state index in [0.29, 0.717) is 0 Å². The number of nitrogens with zero attached hydrogens (tertiary/aromatic N) is 5. The smallest absolute Gasteiger partial charge is 0.371 e. The maximum atomic E-state index is 4.67. The number of fused-ring (bicyclic) bond motifs is 4. The zero-order valence-corrected chi connectivity index (χ0v) is 24.4. The van der Waals surface area contributed by atoms with Gasteiger partial charge in [-0.05, 0) is 31.7 Å². The summed E-state index contributed by atoms with van der Waals surface area (Å²) in [4.78, 5) is 8.88.